The summed E-state index contributed by atoms with van der Waals surface area (Å²) in [5, 5.41) is 14.4. The van der Waals surface area contributed by atoms with Gasteiger partial charge in [0.15, 0.2) is 24.1 Å². The number of halogens is 1. The number of aliphatic hydroxyl groups excluding tert-OH is 1. The minimum Gasteiger partial charge on any atom is -0.469 e. The van der Waals surface area contributed by atoms with E-state index in [-0.39, 0.29) is 30.0 Å². The molecule has 1 aromatic carbocycles. The van der Waals surface area contributed by atoms with Crippen molar-refractivity contribution in [2.75, 3.05) is 6.73 Å². The summed E-state index contributed by atoms with van der Waals surface area (Å²) in [6.45, 7) is 1.65. The molecule has 1 aliphatic carbocycles. The van der Waals surface area contributed by atoms with Crippen molar-refractivity contribution in [1.82, 2.24) is 19.7 Å². The summed E-state index contributed by atoms with van der Waals surface area (Å²) in [6.07, 6.45) is 7.33. The van der Waals surface area contributed by atoms with Crippen molar-refractivity contribution in [2.45, 2.75) is 44.8 Å². The molecule has 160 valence electrons. The fourth-order valence-electron chi connectivity index (χ4n) is 4.42. The minimum absolute atomic E-state index is 0.00198. The van der Waals surface area contributed by atoms with E-state index in [1.54, 1.807) is 30.1 Å². The lowest BCUT2D eigenvalue weighted by atomic mass is 9.96. The fraction of sp³-hybridized carbons (Fsp3) is 0.348. The number of nitrogens with zero attached hydrogens (tertiary/aromatic N) is 4. The number of hydrogen-bond donors (Lipinski definition) is 1. The lowest BCUT2D eigenvalue weighted by molar-refractivity contribution is 0.0115. The summed E-state index contributed by atoms with van der Waals surface area (Å²) >= 11 is 0. The second kappa shape index (κ2) is 7.77. The third-order valence-electron chi connectivity index (χ3n) is 6.20. The highest BCUT2D eigenvalue weighted by Gasteiger charge is 2.39. The molecule has 0 saturated heterocycles. The highest BCUT2D eigenvalue weighted by molar-refractivity contribution is 5.98. The molecule has 7 nitrogen and oxygen atoms in total. The molecule has 0 radical (unpaired) electrons. The van der Waals surface area contributed by atoms with Crippen LogP contribution in [-0.2, 0) is 6.42 Å². The molecule has 2 aromatic heterocycles. The van der Waals surface area contributed by atoms with E-state index in [2.05, 4.69) is 10.1 Å². The average molecular weight is 422 g/mol. The van der Waals surface area contributed by atoms with E-state index in [4.69, 9.17) is 4.74 Å². The summed E-state index contributed by atoms with van der Waals surface area (Å²) in [7, 11) is 0. The molecular formula is C23H23FN4O3. The van der Waals surface area contributed by atoms with Gasteiger partial charge in [0, 0.05) is 18.6 Å². The molecule has 8 heteroatoms. The van der Waals surface area contributed by atoms with Gasteiger partial charge in [-0.25, -0.2) is 14.1 Å². The summed E-state index contributed by atoms with van der Waals surface area (Å²) in [6, 6.07) is 7.02. The van der Waals surface area contributed by atoms with E-state index in [0.29, 0.717) is 29.8 Å². The van der Waals surface area contributed by atoms with Crippen molar-refractivity contribution in [3.63, 3.8) is 0 Å². The zero-order valence-electron chi connectivity index (χ0n) is 17.2. The van der Waals surface area contributed by atoms with Gasteiger partial charge in [0.05, 0.1) is 17.7 Å². The van der Waals surface area contributed by atoms with Gasteiger partial charge in [0.1, 0.15) is 0 Å². The van der Waals surface area contributed by atoms with Crippen molar-refractivity contribution in [3.8, 4) is 11.6 Å². The Morgan fingerprint density at radius 1 is 1.32 bits per heavy atom. The molecule has 3 heterocycles. The molecule has 31 heavy (non-hydrogen) atoms. The maximum atomic E-state index is 15.1. The van der Waals surface area contributed by atoms with Gasteiger partial charge in [0.2, 0.25) is 0 Å². The van der Waals surface area contributed by atoms with Crippen LogP contribution in [0.3, 0.4) is 0 Å². The largest absolute Gasteiger partial charge is 0.469 e. The Bertz CT molecular complexity index is 1110. The van der Waals surface area contributed by atoms with Gasteiger partial charge < -0.3 is 9.84 Å². The monoisotopic (exact) mass is 422 g/mol. The van der Waals surface area contributed by atoms with Gasteiger partial charge in [0.25, 0.3) is 5.91 Å². The Balaban J connectivity index is 1.43. The third kappa shape index (κ3) is 3.46. The number of ether oxygens (including phenoxy) is 1. The van der Waals surface area contributed by atoms with Gasteiger partial charge in [-0.2, -0.15) is 5.10 Å². The number of aromatic nitrogens is 3. The van der Waals surface area contributed by atoms with Gasteiger partial charge in [-0.05, 0) is 67.5 Å². The number of carbonyl (C=O) groups excluding carboxylic acids is 1. The number of aliphatic hydroxyl groups is 1. The quantitative estimate of drug-likeness (QED) is 0.699. The van der Waals surface area contributed by atoms with Crippen LogP contribution in [0.1, 0.15) is 46.3 Å². The van der Waals surface area contributed by atoms with Crippen LogP contribution in [0.4, 0.5) is 4.39 Å². The second-order valence-corrected chi connectivity index (χ2v) is 8.12. The van der Waals surface area contributed by atoms with Crippen LogP contribution in [0.25, 0.3) is 5.82 Å². The van der Waals surface area contributed by atoms with E-state index in [1.165, 1.54) is 4.90 Å². The smallest absolute Gasteiger partial charge is 0.260 e. The number of fused-ring (bicyclic) bond motifs is 1. The zero-order chi connectivity index (χ0) is 21.5. The topological polar surface area (TPSA) is 80.5 Å². The Hall–Kier alpha value is -3.26. The predicted molar refractivity (Wildman–Crippen MR) is 111 cm³/mol. The number of pyridine rings is 1. The first-order chi connectivity index (χ1) is 15.0. The Kier molecular flexibility index (Phi) is 4.94. The van der Waals surface area contributed by atoms with Crippen LogP contribution in [0, 0.1) is 12.7 Å². The van der Waals surface area contributed by atoms with Crippen molar-refractivity contribution in [1.29, 1.82) is 0 Å². The van der Waals surface area contributed by atoms with E-state index in [1.807, 2.05) is 24.4 Å². The van der Waals surface area contributed by atoms with Gasteiger partial charge in [-0.3, -0.25) is 9.69 Å². The van der Waals surface area contributed by atoms with Crippen LogP contribution in [-0.4, -0.2) is 49.6 Å². The van der Waals surface area contributed by atoms with Gasteiger partial charge in [-0.1, -0.05) is 6.07 Å². The van der Waals surface area contributed by atoms with Crippen LogP contribution in [0.15, 0.2) is 42.9 Å². The van der Waals surface area contributed by atoms with Crippen LogP contribution in [0.2, 0.25) is 0 Å². The number of hydrogen-bond acceptors (Lipinski definition) is 5. The maximum Gasteiger partial charge on any atom is 0.260 e. The first-order valence-electron chi connectivity index (χ1n) is 10.4. The van der Waals surface area contributed by atoms with Crippen molar-refractivity contribution < 1.29 is 19.0 Å². The lowest BCUT2D eigenvalue weighted by Crippen LogP contribution is -2.48. The van der Waals surface area contributed by atoms with Gasteiger partial charge in [-0.15, -0.1) is 0 Å². The van der Waals surface area contributed by atoms with Crippen LogP contribution < -0.4 is 4.74 Å². The molecule has 1 amide bonds. The first-order valence-corrected chi connectivity index (χ1v) is 10.4. The molecule has 3 aromatic rings. The van der Waals surface area contributed by atoms with E-state index >= 15 is 4.39 Å². The molecule has 1 fully saturated rings. The maximum absolute atomic E-state index is 15.1. The predicted octanol–water partition coefficient (Wildman–Crippen LogP) is 3.01. The Morgan fingerprint density at radius 3 is 2.87 bits per heavy atom. The Labute approximate surface area is 179 Å². The van der Waals surface area contributed by atoms with E-state index in [0.717, 1.165) is 18.4 Å². The van der Waals surface area contributed by atoms with E-state index < -0.39 is 11.9 Å². The SMILES string of the molecule is Cc1c(Cc2ccc(-n3cccn3)nc2)cc2c(c1F)OCN([C@H]1CCC[C@@H]1O)C2=O. The molecule has 0 bridgehead atoms. The van der Waals surface area contributed by atoms with Gasteiger partial charge >= 0.3 is 0 Å². The number of carbonyl (C=O) groups is 1. The average Bonchev–Trinajstić information content (AvgIpc) is 3.45. The number of rotatable bonds is 4. The Morgan fingerprint density at radius 2 is 2.19 bits per heavy atom. The van der Waals surface area contributed by atoms with Crippen LogP contribution >= 0.6 is 0 Å². The molecule has 2 atom stereocenters. The summed E-state index contributed by atoms with van der Waals surface area (Å²) < 4.78 is 22.4. The fourth-order valence-corrected chi connectivity index (χ4v) is 4.42. The molecule has 1 saturated carbocycles. The molecular weight excluding hydrogens is 399 g/mol. The molecule has 0 spiro atoms. The number of amides is 1. The highest BCUT2D eigenvalue weighted by Crippen LogP contribution is 2.36. The van der Waals surface area contributed by atoms with Crippen LogP contribution in [0.5, 0.6) is 5.75 Å². The molecule has 1 N–H and O–H groups in total. The molecule has 5 rings (SSSR count). The number of benzene rings is 1. The van der Waals surface area contributed by atoms with Crippen molar-refractivity contribution in [2.24, 2.45) is 0 Å². The minimum atomic E-state index is -0.566. The summed E-state index contributed by atoms with van der Waals surface area (Å²) in [4.78, 5) is 19.1. The highest BCUT2D eigenvalue weighted by atomic mass is 19.1. The summed E-state index contributed by atoms with van der Waals surface area (Å²) in [5.74, 6) is -0.105. The molecule has 2 aliphatic rings. The van der Waals surface area contributed by atoms with Crippen molar-refractivity contribution in [3.05, 3.63) is 70.9 Å². The standard InChI is InChI=1S/C23H23FN4O3/c1-14-16(10-15-6-7-20(25-12-15)28-9-3-8-26-28)11-17-22(21(14)24)31-13-27(23(17)30)18-4-2-5-19(18)29/h3,6-9,11-12,18-19,29H,2,4-5,10,13H2,1H3/t18-,19-/m0/s1. The zero-order valence-corrected chi connectivity index (χ0v) is 17.2. The second-order valence-electron chi connectivity index (χ2n) is 8.12. The summed E-state index contributed by atoms with van der Waals surface area (Å²) in [5.41, 5.74) is 2.27. The molecule has 0 unspecified atom stereocenters. The first kappa shape index (κ1) is 19.7. The van der Waals surface area contributed by atoms with E-state index in [9.17, 15) is 9.90 Å². The van der Waals surface area contributed by atoms with Crippen molar-refractivity contribution >= 4 is 5.91 Å². The normalized spacial score (nSPS) is 20.6. The lowest BCUT2D eigenvalue weighted by Gasteiger charge is -2.35. The third-order valence-corrected chi connectivity index (χ3v) is 6.20. The molecule has 1 aliphatic heterocycles.